The van der Waals surface area contributed by atoms with E-state index in [0.29, 0.717) is 19.3 Å². The minimum Gasteiger partial charge on any atom is -0.544 e. The lowest BCUT2D eigenvalue weighted by Crippen LogP contribution is -2.55. The normalized spacial score (nSPS) is 13.8. The molecule has 0 aromatic heterocycles. The Labute approximate surface area is 348 Å². The fraction of sp³-hybridized carbons (Fsp3) is 0.653. The molecule has 0 rings (SSSR count). The summed E-state index contributed by atoms with van der Waals surface area (Å²) in [4.78, 5) is 36.8. The molecule has 2 unspecified atom stereocenters. The first kappa shape index (κ1) is 53.5. The van der Waals surface area contributed by atoms with E-state index in [0.717, 1.165) is 25.7 Å². The third-order valence-electron chi connectivity index (χ3n) is 9.42. The highest BCUT2D eigenvalue weighted by molar-refractivity contribution is 5.70. The van der Waals surface area contributed by atoms with Gasteiger partial charge >= 0.3 is 11.9 Å². The van der Waals surface area contributed by atoms with Crippen LogP contribution in [0.5, 0.6) is 0 Å². The zero-order valence-electron chi connectivity index (χ0n) is 36.7. The van der Waals surface area contributed by atoms with Gasteiger partial charge in [-0.1, -0.05) is 170 Å². The number of unbranched alkanes of at least 4 members (excludes halogenated alkanes) is 15. The smallest absolute Gasteiger partial charge is 0.306 e. The van der Waals surface area contributed by atoms with Gasteiger partial charge in [0, 0.05) is 19.3 Å². The van der Waals surface area contributed by atoms with Crippen LogP contribution in [0.4, 0.5) is 0 Å². The second kappa shape index (κ2) is 39.3. The van der Waals surface area contributed by atoms with E-state index in [1.807, 2.05) is 54.7 Å². The molecule has 0 aliphatic heterocycles. The highest BCUT2D eigenvalue weighted by Gasteiger charge is 2.25. The number of carboxylic acids is 1. The molecule has 0 aromatic carbocycles. The first-order valence-corrected chi connectivity index (χ1v) is 22.2. The number of hydrogen-bond acceptors (Lipinski definition) is 7. The van der Waals surface area contributed by atoms with Gasteiger partial charge in [0.1, 0.15) is 12.6 Å². The molecule has 324 valence electrons. The standard InChI is InChI=1S/C49H81NO7/c1-6-8-10-12-14-16-18-20-21-22-23-24-25-26-28-29-31-33-35-37-39-47(51)56-44-45(43-55-42-41-46(49(53)54)50(3,4)5)57-48(52)40-38-36-34-32-30-27-19-17-15-13-11-9-7-2/h9,11,13,15-21,27,30,32,34,45-46H,6-8,10,12,14,22-26,28-29,31,33,35-44H2,1-5H3/b11-9+,15-13+,18-16+,19-17+,21-20+,30-27+,34-32+. The number of hydrogen-bond donors (Lipinski definition) is 0. The molecule has 0 saturated carbocycles. The van der Waals surface area contributed by atoms with E-state index in [1.165, 1.54) is 83.5 Å². The number of aliphatic carboxylic acids is 1. The number of carbonyl (C=O) groups excluding carboxylic acids is 3. The number of esters is 2. The van der Waals surface area contributed by atoms with Gasteiger partial charge in [0.15, 0.2) is 6.10 Å². The fourth-order valence-electron chi connectivity index (χ4n) is 5.97. The molecule has 0 fully saturated rings. The summed E-state index contributed by atoms with van der Waals surface area (Å²) in [5.74, 6) is -1.85. The summed E-state index contributed by atoms with van der Waals surface area (Å²) in [5, 5.41) is 11.6. The van der Waals surface area contributed by atoms with Gasteiger partial charge in [0.2, 0.25) is 0 Å². The summed E-state index contributed by atoms with van der Waals surface area (Å²) in [6.07, 6.45) is 50.5. The average molecular weight is 796 g/mol. The molecule has 0 radical (unpaired) electrons. The maximum Gasteiger partial charge on any atom is 0.306 e. The lowest BCUT2D eigenvalue weighted by molar-refractivity contribution is -0.889. The van der Waals surface area contributed by atoms with Crippen molar-refractivity contribution in [1.82, 2.24) is 0 Å². The highest BCUT2D eigenvalue weighted by atomic mass is 16.6. The second-order valence-corrected chi connectivity index (χ2v) is 15.7. The van der Waals surface area contributed by atoms with Crippen LogP contribution in [0.2, 0.25) is 0 Å². The minimum absolute atomic E-state index is 0.00613. The van der Waals surface area contributed by atoms with Gasteiger partial charge in [-0.25, -0.2) is 0 Å². The van der Waals surface area contributed by atoms with Gasteiger partial charge in [-0.3, -0.25) is 9.59 Å². The zero-order valence-corrected chi connectivity index (χ0v) is 36.7. The molecule has 0 N–H and O–H groups in total. The van der Waals surface area contributed by atoms with E-state index in [-0.39, 0.29) is 43.1 Å². The quantitative estimate of drug-likeness (QED) is 0.0265. The van der Waals surface area contributed by atoms with E-state index in [1.54, 1.807) is 21.1 Å². The van der Waals surface area contributed by atoms with Gasteiger partial charge in [0.05, 0.1) is 40.3 Å². The van der Waals surface area contributed by atoms with Crippen molar-refractivity contribution in [3.05, 3.63) is 85.1 Å². The fourth-order valence-corrected chi connectivity index (χ4v) is 5.97. The largest absolute Gasteiger partial charge is 0.544 e. The van der Waals surface area contributed by atoms with Crippen molar-refractivity contribution in [3.63, 3.8) is 0 Å². The predicted octanol–water partition coefficient (Wildman–Crippen LogP) is 10.8. The van der Waals surface area contributed by atoms with Crippen molar-refractivity contribution in [2.75, 3.05) is 41.0 Å². The highest BCUT2D eigenvalue weighted by Crippen LogP contribution is 2.13. The Bertz CT molecular complexity index is 1200. The van der Waals surface area contributed by atoms with Crippen molar-refractivity contribution in [2.45, 2.75) is 167 Å². The molecule has 0 aromatic rings. The van der Waals surface area contributed by atoms with Crippen LogP contribution in [0, 0.1) is 0 Å². The molecule has 0 bridgehead atoms. The molecule has 0 amide bonds. The molecule has 0 aliphatic rings. The van der Waals surface area contributed by atoms with Gasteiger partial charge in [-0.05, 0) is 51.4 Å². The van der Waals surface area contributed by atoms with Crippen LogP contribution in [0.25, 0.3) is 0 Å². The van der Waals surface area contributed by atoms with Crippen LogP contribution in [-0.2, 0) is 28.6 Å². The van der Waals surface area contributed by atoms with Crippen LogP contribution >= 0.6 is 0 Å². The Balaban J connectivity index is 4.39. The molecule has 0 spiro atoms. The lowest BCUT2D eigenvalue weighted by atomic mass is 10.1. The number of ether oxygens (including phenoxy) is 3. The van der Waals surface area contributed by atoms with Gasteiger partial charge in [0.25, 0.3) is 0 Å². The topological polar surface area (TPSA) is 102 Å². The van der Waals surface area contributed by atoms with Crippen molar-refractivity contribution >= 4 is 17.9 Å². The molecule has 0 aliphatic carbocycles. The van der Waals surface area contributed by atoms with Crippen molar-refractivity contribution in [3.8, 4) is 0 Å². The van der Waals surface area contributed by atoms with E-state index in [2.05, 4.69) is 44.2 Å². The van der Waals surface area contributed by atoms with Crippen LogP contribution in [0.15, 0.2) is 85.1 Å². The minimum atomic E-state index is -1.14. The molecule has 2 atom stereocenters. The molecule has 0 heterocycles. The third kappa shape index (κ3) is 37.8. The second-order valence-electron chi connectivity index (χ2n) is 15.7. The summed E-state index contributed by atoms with van der Waals surface area (Å²) in [6.45, 7) is 4.40. The van der Waals surface area contributed by atoms with E-state index in [4.69, 9.17) is 14.2 Å². The van der Waals surface area contributed by atoms with Crippen LogP contribution in [0.3, 0.4) is 0 Å². The van der Waals surface area contributed by atoms with E-state index < -0.39 is 24.1 Å². The lowest BCUT2D eigenvalue weighted by Gasteiger charge is -2.34. The van der Waals surface area contributed by atoms with E-state index in [9.17, 15) is 19.5 Å². The van der Waals surface area contributed by atoms with Crippen LogP contribution in [0.1, 0.15) is 155 Å². The molecular weight excluding hydrogens is 715 g/mol. The van der Waals surface area contributed by atoms with Crippen molar-refractivity contribution < 1.29 is 38.2 Å². The summed E-state index contributed by atoms with van der Waals surface area (Å²) < 4.78 is 17.1. The Hall–Kier alpha value is -3.49. The third-order valence-corrected chi connectivity index (χ3v) is 9.42. The molecular formula is C49H81NO7. The summed E-state index contributed by atoms with van der Waals surface area (Å²) in [7, 11) is 5.37. The van der Waals surface area contributed by atoms with Crippen molar-refractivity contribution in [2.24, 2.45) is 0 Å². The number of carbonyl (C=O) groups is 3. The van der Waals surface area contributed by atoms with Crippen molar-refractivity contribution in [1.29, 1.82) is 0 Å². The molecule has 8 heteroatoms. The average Bonchev–Trinajstić information content (AvgIpc) is 3.17. The monoisotopic (exact) mass is 796 g/mol. The van der Waals surface area contributed by atoms with Gasteiger partial charge < -0.3 is 28.6 Å². The van der Waals surface area contributed by atoms with E-state index >= 15 is 0 Å². The van der Waals surface area contributed by atoms with Crippen LogP contribution in [-0.4, -0.2) is 75.5 Å². The number of quaternary nitrogens is 1. The van der Waals surface area contributed by atoms with Gasteiger partial charge in [-0.2, -0.15) is 0 Å². The summed E-state index contributed by atoms with van der Waals surface area (Å²) in [6, 6.07) is -0.743. The summed E-state index contributed by atoms with van der Waals surface area (Å²) in [5.41, 5.74) is 0. The zero-order chi connectivity index (χ0) is 42.1. The predicted molar refractivity (Wildman–Crippen MR) is 235 cm³/mol. The number of carboxylic acid groups (broad SMARTS) is 1. The first-order chi connectivity index (χ1) is 27.6. The molecule has 8 nitrogen and oxygen atoms in total. The SMILES string of the molecule is CC/C=C/C=C/C=C/C=C/C=C/CCCC(=O)OC(COCCC(C(=O)[O-])[N+](C)(C)C)COC(=O)CCCCCCCCCCCC/C=C/C=C/CCCCCC. The van der Waals surface area contributed by atoms with Gasteiger partial charge in [-0.15, -0.1) is 0 Å². The number of rotatable bonds is 38. The molecule has 57 heavy (non-hydrogen) atoms. The Morgan fingerprint density at radius 3 is 1.53 bits per heavy atom. The Kier molecular flexibility index (Phi) is 36.9. The maximum absolute atomic E-state index is 12.7. The summed E-state index contributed by atoms with van der Waals surface area (Å²) >= 11 is 0. The number of allylic oxidation sites excluding steroid dienone is 14. The Morgan fingerprint density at radius 1 is 0.544 bits per heavy atom. The number of nitrogens with zero attached hydrogens (tertiary/aromatic N) is 1. The Morgan fingerprint density at radius 2 is 1.00 bits per heavy atom. The molecule has 0 saturated heterocycles. The first-order valence-electron chi connectivity index (χ1n) is 22.2. The van der Waals surface area contributed by atoms with Crippen LogP contribution < -0.4 is 5.11 Å². The maximum atomic E-state index is 12.7. The number of likely N-dealkylation sites (N-methyl/N-ethyl adjacent to an activating group) is 1.